The molecule has 1 aliphatic rings. The number of thiazole rings is 1. The smallest absolute Gasteiger partial charge is 0.259 e. The number of nitrogens with one attached hydrogen (secondary N) is 1. The largest absolute Gasteiger partial charge is 0.298 e. The summed E-state index contributed by atoms with van der Waals surface area (Å²) in [6.07, 6.45) is 3.55. The first kappa shape index (κ1) is 20.3. The van der Waals surface area contributed by atoms with E-state index in [0.717, 1.165) is 31.6 Å². The molecule has 146 valence electrons. The molecule has 6 nitrogen and oxygen atoms in total. The van der Waals surface area contributed by atoms with Crippen molar-refractivity contribution >= 4 is 43.8 Å². The van der Waals surface area contributed by atoms with Gasteiger partial charge in [-0.15, -0.1) is 11.3 Å². The fourth-order valence-corrected chi connectivity index (χ4v) is 4.72. The Hall–Kier alpha value is -1.48. The van der Waals surface area contributed by atoms with Gasteiger partial charge in [0.15, 0.2) is 15.0 Å². The van der Waals surface area contributed by atoms with E-state index in [1.54, 1.807) is 0 Å². The van der Waals surface area contributed by atoms with E-state index in [2.05, 4.69) is 22.1 Å². The molecule has 0 bridgehead atoms. The average Bonchev–Trinajstić information content (AvgIpc) is 3.01. The Bertz CT molecular complexity index is 943. The Labute approximate surface area is 168 Å². The Kier molecular flexibility index (Phi) is 6.20. The minimum Gasteiger partial charge on any atom is -0.298 e. The lowest BCUT2D eigenvalue weighted by Gasteiger charge is -2.30. The second-order valence-electron chi connectivity index (χ2n) is 6.99. The normalized spacial score (nSPS) is 18.4. The highest BCUT2D eigenvalue weighted by Crippen LogP contribution is 2.24. The van der Waals surface area contributed by atoms with Gasteiger partial charge in [0.05, 0.1) is 21.2 Å². The molecule has 2 aromatic rings. The van der Waals surface area contributed by atoms with Gasteiger partial charge in [0.1, 0.15) is 0 Å². The number of aromatic nitrogens is 1. The van der Waals surface area contributed by atoms with Crippen LogP contribution in [0.3, 0.4) is 0 Å². The highest BCUT2D eigenvalue weighted by atomic mass is 35.5. The van der Waals surface area contributed by atoms with E-state index in [-0.39, 0.29) is 15.5 Å². The molecule has 2 heterocycles. The van der Waals surface area contributed by atoms with Gasteiger partial charge in [0.25, 0.3) is 5.91 Å². The van der Waals surface area contributed by atoms with Crippen LogP contribution in [0.1, 0.15) is 35.8 Å². The van der Waals surface area contributed by atoms with Gasteiger partial charge in [0.2, 0.25) is 0 Å². The summed E-state index contributed by atoms with van der Waals surface area (Å²) < 4.78 is 23.4. The van der Waals surface area contributed by atoms with E-state index in [4.69, 9.17) is 11.6 Å². The molecule has 1 aliphatic heterocycles. The molecule has 1 fully saturated rings. The third kappa shape index (κ3) is 5.28. The predicted molar refractivity (Wildman–Crippen MR) is 108 cm³/mol. The molecule has 0 spiro atoms. The second kappa shape index (κ2) is 8.26. The van der Waals surface area contributed by atoms with Crippen LogP contribution >= 0.6 is 22.9 Å². The topological polar surface area (TPSA) is 79.4 Å². The van der Waals surface area contributed by atoms with Crippen molar-refractivity contribution in [3.63, 3.8) is 0 Å². The van der Waals surface area contributed by atoms with Crippen LogP contribution in [0.15, 0.2) is 28.5 Å². The highest BCUT2D eigenvalue weighted by molar-refractivity contribution is 7.90. The summed E-state index contributed by atoms with van der Waals surface area (Å²) in [7, 11) is -3.42. The first-order chi connectivity index (χ1) is 12.7. The van der Waals surface area contributed by atoms with Crippen LogP contribution in [0.5, 0.6) is 0 Å². The SMILES string of the molecule is CC1CCCN(Cc2csc(NC(=O)c3cc(S(C)(=O)=O)ccc3Cl)n2)C1. The van der Waals surface area contributed by atoms with Gasteiger partial charge in [-0.25, -0.2) is 13.4 Å². The summed E-state index contributed by atoms with van der Waals surface area (Å²) in [5.74, 6) is 0.221. The minimum absolute atomic E-state index is 0.0519. The van der Waals surface area contributed by atoms with Crippen LogP contribution in [0.25, 0.3) is 0 Å². The molecule has 27 heavy (non-hydrogen) atoms. The Balaban J connectivity index is 1.69. The molecule has 1 aromatic heterocycles. The lowest BCUT2D eigenvalue weighted by molar-refractivity contribution is 0.102. The molecule has 1 aromatic carbocycles. The lowest BCUT2D eigenvalue weighted by Crippen LogP contribution is -2.33. The molecule has 0 radical (unpaired) electrons. The van der Waals surface area contributed by atoms with Gasteiger partial charge >= 0.3 is 0 Å². The van der Waals surface area contributed by atoms with Crippen molar-refractivity contribution < 1.29 is 13.2 Å². The van der Waals surface area contributed by atoms with E-state index in [1.807, 2.05) is 5.38 Å². The maximum atomic E-state index is 12.5. The van der Waals surface area contributed by atoms with E-state index >= 15 is 0 Å². The molecular weight excluding hydrogens is 406 g/mol. The molecule has 0 aliphatic carbocycles. The van der Waals surface area contributed by atoms with Crippen LogP contribution in [-0.2, 0) is 16.4 Å². The van der Waals surface area contributed by atoms with Gasteiger partial charge < -0.3 is 0 Å². The Morgan fingerprint density at radius 3 is 2.93 bits per heavy atom. The van der Waals surface area contributed by atoms with Crippen molar-refractivity contribution in [2.45, 2.75) is 31.2 Å². The zero-order valence-corrected chi connectivity index (χ0v) is 17.6. The molecule has 0 saturated carbocycles. The Morgan fingerprint density at radius 1 is 1.44 bits per heavy atom. The summed E-state index contributed by atoms with van der Waals surface area (Å²) in [5.41, 5.74) is 1.03. The van der Waals surface area contributed by atoms with Crippen molar-refractivity contribution in [3.05, 3.63) is 39.9 Å². The van der Waals surface area contributed by atoms with Crippen LogP contribution in [0, 0.1) is 5.92 Å². The third-order valence-corrected chi connectivity index (χ3v) is 6.76. The highest BCUT2D eigenvalue weighted by Gasteiger charge is 2.19. The molecule has 1 unspecified atom stereocenters. The molecule has 1 saturated heterocycles. The number of benzene rings is 1. The van der Waals surface area contributed by atoms with Gasteiger partial charge in [-0.05, 0) is 43.5 Å². The van der Waals surface area contributed by atoms with Crippen LogP contribution < -0.4 is 5.32 Å². The first-order valence-electron chi connectivity index (χ1n) is 8.70. The fraction of sp³-hybridized carbons (Fsp3) is 0.444. The number of carbonyl (C=O) groups is 1. The van der Waals surface area contributed by atoms with E-state index in [9.17, 15) is 13.2 Å². The number of hydrogen-bond donors (Lipinski definition) is 1. The molecule has 1 amide bonds. The summed E-state index contributed by atoms with van der Waals surface area (Å²) in [6.45, 7) is 5.15. The number of halogens is 1. The van der Waals surface area contributed by atoms with E-state index < -0.39 is 15.7 Å². The molecular formula is C18H22ClN3O3S2. The summed E-state index contributed by atoms with van der Waals surface area (Å²) in [6, 6.07) is 4.09. The zero-order chi connectivity index (χ0) is 19.6. The molecule has 3 rings (SSSR count). The summed E-state index contributed by atoms with van der Waals surface area (Å²) in [4.78, 5) is 19.4. The number of sulfone groups is 1. The number of anilines is 1. The number of rotatable bonds is 5. The van der Waals surface area contributed by atoms with Gasteiger partial charge in [0, 0.05) is 24.7 Å². The number of piperidine rings is 1. The maximum absolute atomic E-state index is 12.5. The van der Waals surface area contributed by atoms with Crippen molar-refractivity contribution in [1.82, 2.24) is 9.88 Å². The van der Waals surface area contributed by atoms with Crippen molar-refractivity contribution in [3.8, 4) is 0 Å². The van der Waals surface area contributed by atoms with Crippen molar-refractivity contribution in [2.24, 2.45) is 5.92 Å². The van der Waals surface area contributed by atoms with Gasteiger partial charge in [-0.3, -0.25) is 15.0 Å². The Morgan fingerprint density at radius 2 is 2.22 bits per heavy atom. The van der Waals surface area contributed by atoms with Gasteiger partial charge in [-0.2, -0.15) is 0 Å². The average molecular weight is 428 g/mol. The number of likely N-dealkylation sites (tertiary alicyclic amines) is 1. The number of hydrogen-bond acceptors (Lipinski definition) is 6. The van der Waals surface area contributed by atoms with Crippen molar-refractivity contribution in [1.29, 1.82) is 0 Å². The van der Waals surface area contributed by atoms with E-state index in [0.29, 0.717) is 11.0 Å². The maximum Gasteiger partial charge on any atom is 0.259 e. The number of amides is 1. The fourth-order valence-electron chi connectivity index (χ4n) is 3.17. The molecule has 1 atom stereocenters. The van der Waals surface area contributed by atoms with E-state index in [1.165, 1.54) is 42.4 Å². The lowest BCUT2D eigenvalue weighted by atomic mass is 10.0. The minimum atomic E-state index is -3.42. The predicted octanol–water partition coefficient (Wildman–Crippen LogP) is 3.68. The number of carbonyl (C=O) groups excluding carboxylic acids is 1. The van der Waals surface area contributed by atoms with Crippen molar-refractivity contribution in [2.75, 3.05) is 24.7 Å². The monoisotopic (exact) mass is 427 g/mol. The first-order valence-corrected chi connectivity index (χ1v) is 11.8. The summed E-state index contributed by atoms with van der Waals surface area (Å²) >= 11 is 7.42. The van der Waals surface area contributed by atoms with Crippen LogP contribution in [0.4, 0.5) is 5.13 Å². The summed E-state index contributed by atoms with van der Waals surface area (Å²) in [5, 5.41) is 5.32. The third-order valence-electron chi connectivity index (χ3n) is 4.51. The number of nitrogens with zero attached hydrogens (tertiary/aromatic N) is 2. The molecule has 9 heteroatoms. The zero-order valence-electron chi connectivity index (χ0n) is 15.2. The second-order valence-corrected chi connectivity index (χ2v) is 10.3. The quantitative estimate of drug-likeness (QED) is 0.787. The van der Waals surface area contributed by atoms with Crippen LogP contribution in [-0.4, -0.2) is 43.6 Å². The molecule has 1 N–H and O–H groups in total. The van der Waals surface area contributed by atoms with Gasteiger partial charge in [-0.1, -0.05) is 18.5 Å². The van der Waals surface area contributed by atoms with Crippen LogP contribution in [0.2, 0.25) is 5.02 Å². The standard InChI is InChI=1S/C18H22ClN3O3S2/c1-12-4-3-7-22(9-12)10-13-11-26-18(20-13)21-17(23)15-8-14(27(2,24)25)5-6-16(15)19/h5-6,8,11-12H,3-4,7,9-10H2,1-2H3,(H,20,21,23).